The van der Waals surface area contributed by atoms with Crippen LogP contribution in [-0.4, -0.2) is 20.9 Å². The second-order valence-corrected chi connectivity index (χ2v) is 9.61. The molecule has 0 aromatic carbocycles. The Labute approximate surface area is 171 Å². The van der Waals surface area contributed by atoms with Gasteiger partial charge in [-0.15, -0.1) is 22.7 Å². The number of hydrogen-bond donors (Lipinski definition) is 2. The number of rotatable bonds is 4. The number of amides is 1. The van der Waals surface area contributed by atoms with Crippen LogP contribution in [0.2, 0.25) is 0 Å². The van der Waals surface area contributed by atoms with Crippen molar-refractivity contribution in [2.45, 2.75) is 65.2 Å². The van der Waals surface area contributed by atoms with Gasteiger partial charge in [0.15, 0.2) is 5.13 Å². The monoisotopic (exact) mass is 416 g/mol. The van der Waals surface area contributed by atoms with Gasteiger partial charge in [0, 0.05) is 22.6 Å². The number of carbonyl (C=O) groups is 1. The topological polar surface area (TPSA) is 87.7 Å². The van der Waals surface area contributed by atoms with Crippen molar-refractivity contribution in [2.75, 3.05) is 5.32 Å². The Balaban J connectivity index is 1.41. The molecule has 0 fully saturated rings. The van der Waals surface area contributed by atoms with Crippen molar-refractivity contribution in [2.24, 2.45) is 0 Å². The second kappa shape index (κ2) is 8.13. The fraction of sp³-hybridized carbons (Fsp3) is 0.500. The normalized spacial score (nSPS) is 14.5. The number of nitrogens with one attached hydrogen (secondary N) is 2. The van der Waals surface area contributed by atoms with E-state index in [2.05, 4.69) is 20.3 Å². The number of aryl methyl sites for hydroxylation is 5. The zero-order valence-corrected chi connectivity index (χ0v) is 17.8. The molecule has 3 aromatic rings. The van der Waals surface area contributed by atoms with Gasteiger partial charge in [0.1, 0.15) is 10.7 Å². The van der Waals surface area contributed by atoms with Gasteiger partial charge in [-0.05, 0) is 45.1 Å². The van der Waals surface area contributed by atoms with Gasteiger partial charge >= 0.3 is 0 Å². The van der Waals surface area contributed by atoms with Crippen LogP contribution >= 0.6 is 22.7 Å². The summed E-state index contributed by atoms with van der Waals surface area (Å²) in [5.41, 5.74) is 2.01. The van der Waals surface area contributed by atoms with Crippen molar-refractivity contribution < 1.29 is 4.79 Å². The number of aromatic amines is 1. The first-order valence-corrected chi connectivity index (χ1v) is 11.4. The van der Waals surface area contributed by atoms with Gasteiger partial charge in [-0.2, -0.15) is 0 Å². The summed E-state index contributed by atoms with van der Waals surface area (Å²) < 4.78 is 0. The van der Waals surface area contributed by atoms with Crippen molar-refractivity contribution in [3.8, 4) is 0 Å². The number of thiazole rings is 1. The molecule has 0 aliphatic heterocycles. The first-order valence-electron chi connectivity index (χ1n) is 9.78. The molecule has 3 aromatic heterocycles. The molecule has 148 valence electrons. The number of thiophene rings is 1. The maximum absolute atomic E-state index is 12.4. The number of hydrogen-bond acceptors (Lipinski definition) is 6. The molecular weight excluding hydrogens is 392 g/mol. The number of nitrogens with zero attached hydrogens (tertiary/aromatic N) is 2. The second-order valence-electron chi connectivity index (χ2n) is 7.33. The third kappa shape index (κ3) is 4.03. The standard InChI is InChI=1S/C20H24N4O2S2/c1-11-12(2)27-19-17(11)18(26)22-15(23-19)9-10-16(25)24-20-21-13-7-5-3-4-6-8-14(13)28-20/h3-10H2,1-2H3,(H,21,24,25)(H,22,23,26). The molecule has 1 aliphatic rings. The lowest BCUT2D eigenvalue weighted by molar-refractivity contribution is -0.116. The quantitative estimate of drug-likeness (QED) is 0.664. The van der Waals surface area contributed by atoms with Crippen LogP contribution in [0.1, 0.15) is 58.9 Å². The summed E-state index contributed by atoms with van der Waals surface area (Å²) in [6.45, 7) is 3.93. The van der Waals surface area contributed by atoms with E-state index in [1.54, 1.807) is 11.3 Å². The van der Waals surface area contributed by atoms with E-state index in [1.807, 2.05) is 13.8 Å². The van der Waals surface area contributed by atoms with Gasteiger partial charge < -0.3 is 10.3 Å². The van der Waals surface area contributed by atoms with Crippen LogP contribution in [0.5, 0.6) is 0 Å². The first kappa shape index (κ1) is 19.3. The summed E-state index contributed by atoms with van der Waals surface area (Å²) >= 11 is 3.12. The third-order valence-corrected chi connectivity index (χ3v) is 7.44. The summed E-state index contributed by atoms with van der Waals surface area (Å²) in [6, 6.07) is 0. The zero-order valence-electron chi connectivity index (χ0n) is 16.2. The van der Waals surface area contributed by atoms with E-state index < -0.39 is 0 Å². The Bertz CT molecular complexity index is 1050. The third-order valence-electron chi connectivity index (χ3n) is 5.27. The van der Waals surface area contributed by atoms with E-state index in [0.717, 1.165) is 33.8 Å². The highest BCUT2D eigenvalue weighted by Gasteiger charge is 2.16. The number of H-pyrrole nitrogens is 1. The molecule has 28 heavy (non-hydrogen) atoms. The van der Waals surface area contributed by atoms with Crippen LogP contribution in [0.15, 0.2) is 4.79 Å². The molecule has 0 saturated carbocycles. The Morgan fingerprint density at radius 1 is 1.11 bits per heavy atom. The first-order chi connectivity index (χ1) is 13.5. The van der Waals surface area contributed by atoms with Gasteiger partial charge in [0.25, 0.3) is 5.56 Å². The van der Waals surface area contributed by atoms with Gasteiger partial charge in [-0.25, -0.2) is 9.97 Å². The molecule has 2 N–H and O–H groups in total. The average Bonchev–Trinajstić information content (AvgIpc) is 3.13. The molecule has 3 heterocycles. The number of carbonyl (C=O) groups excluding carboxylic acids is 1. The number of aromatic nitrogens is 3. The van der Waals surface area contributed by atoms with Crippen molar-refractivity contribution in [3.05, 3.63) is 37.2 Å². The maximum atomic E-state index is 12.4. The van der Waals surface area contributed by atoms with Crippen LogP contribution in [0.4, 0.5) is 5.13 Å². The highest BCUT2D eigenvalue weighted by Crippen LogP contribution is 2.29. The fourth-order valence-corrected chi connectivity index (χ4v) is 5.71. The minimum atomic E-state index is -0.123. The molecule has 0 bridgehead atoms. The Hall–Kier alpha value is -2.06. The van der Waals surface area contributed by atoms with Crippen LogP contribution in [-0.2, 0) is 24.1 Å². The van der Waals surface area contributed by atoms with E-state index in [9.17, 15) is 9.59 Å². The fourth-order valence-electron chi connectivity index (χ4n) is 3.59. The molecule has 1 amide bonds. The molecule has 0 radical (unpaired) electrons. The van der Waals surface area contributed by atoms with E-state index in [-0.39, 0.29) is 17.9 Å². The van der Waals surface area contributed by atoms with Crippen molar-refractivity contribution >= 4 is 43.9 Å². The van der Waals surface area contributed by atoms with Crippen molar-refractivity contribution in [1.82, 2.24) is 15.0 Å². The van der Waals surface area contributed by atoms with Gasteiger partial charge in [-0.3, -0.25) is 9.59 Å². The minimum Gasteiger partial charge on any atom is -0.310 e. The molecule has 0 spiro atoms. The van der Waals surface area contributed by atoms with E-state index >= 15 is 0 Å². The summed E-state index contributed by atoms with van der Waals surface area (Å²) in [7, 11) is 0. The zero-order chi connectivity index (χ0) is 19.7. The van der Waals surface area contributed by atoms with Crippen LogP contribution in [0.3, 0.4) is 0 Å². The Kier molecular flexibility index (Phi) is 5.59. The Morgan fingerprint density at radius 2 is 1.89 bits per heavy atom. The maximum Gasteiger partial charge on any atom is 0.259 e. The lowest BCUT2D eigenvalue weighted by atomic mass is 10.0. The average molecular weight is 417 g/mol. The summed E-state index contributed by atoms with van der Waals surface area (Å²) in [5, 5.41) is 4.28. The molecule has 0 unspecified atom stereocenters. The summed E-state index contributed by atoms with van der Waals surface area (Å²) in [5.74, 6) is 0.461. The van der Waals surface area contributed by atoms with Crippen LogP contribution < -0.4 is 10.9 Å². The molecule has 0 saturated heterocycles. The highest BCUT2D eigenvalue weighted by molar-refractivity contribution is 7.18. The highest BCUT2D eigenvalue weighted by atomic mass is 32.1. The lowest BCUT2D eigenvalue weighted by Crippen LogP contribution is -2.16. The molecule has 6 nitrogen and oxygen atoms in total. The molecule has 8 heteroatoms. The van der Waals surface area contributed by atoms with Crippen LogP contribution in [0, 0.1) is 13.8 Å². The number of fused-ring (bicyclic) bond motifs is 2. The van der Waals surface area contributed by atoms with Crippen LogP contribution in [0.25, 0.3) is 10.2 Å². The number of anilines is 1. The lowest BCUT2D eigenvalue weighted by Gasteiger charge is -2.06. The van der Waals surface area contributed by atoms with Crippen molar-refractivity contribution in [3.63, 3.8) is 0 Å². The van der Waals surface area contributed by atoms with Gasteiger partial charge in [0.2, 0.25) is 5.91 Å². The predicted molar refractivity (Wildman–Crippen MR) is 115 cm³/mol. The largest absolute Gasteiger partial charge is 0.310 e. The molecular formula is C20H24N4O2S2. The van der Waals surface area contributed by atoms with Gasteiger partial charge in [0.05, 0.1) is 11.1 Å². The van der Waals surface area contributed by atoms with E-state index in [0.29, 0.717) is 22.8 Å². The minimum absolute atomic E-state index is 0.0944. The summed E-state index contributed by atoms with van der Waals surface area (Å²) in [6.07, 6.45) is 7.65. The summed E-state index contributed by atoms with van der Waals surface area (Å²) in [4.78, 5) is 39.9. The van der Waals surface area contributed by atoms with E-state index in [4.69, 9.17) is 0 Å². The molecule has 0 atom stereocenters. The van der Waals surface area contributed by atoms with Gasteiger partial charge in [-0.1, -0.05) is 12.8 Å². The van der Waals surface area contributed by atoms with Crippen molar-refractivity contribution in [1.29, 1.82) is 0 Å². The Morgan fingerprint density at radius 3 is 2.71 bits per heavy atom. The molecule has 1 aliphatic carbocycles. The van der Waals surface area contributed by atoms with E-state index in [1.165, 1.54) is 41.9 Å². The predicted octanol–water partition coefficient (Wildman–Crippen LogP) is 4.29. The smallest absolute Gasteiger partial charge is 0.259 e. The SMILES string of the molecule is Cc1sc2nc(CCC(=O)Nc3nc4c(s3)CCCCCC4)[nH]c(=O)c2c1C. The molecule has 4 rings (SSSR count).